The Morgan fingerprint density at radius 1 is 1.48 bits per heavy atom. The number of aryl methyl sites for hydroxylation is 1. The van der Waals surface area contributed by atoms with Crippen molar-refractivity contribution in [2.45, 2.75) is 37.6 Å². The molecule has 0 bridgehead atoms. The van der Waals surface area contributed by atoms with E-state index < -0.39 is 0 Å². The van der Waals surface area contributed by atoms with Crippen LogP contribution in [-0.4, -0.2) is 21.6 Å². The average molecular weight is 352 g/mol. The van der Waals surface area contributed by atoms with Crippen molar-refractivity contribution in [2.24, 2.45) is 5.92 Å². The zero-order valence-electron chi connectivity index (χ0n) is 14.2. The van der Waals surface area contributed by atoms with Crippen LogP contribution >= 0.6 is 11.8 Å². The molecule has 1 N–H and O–H groups in total. The van der Waals surface area contributed by atoms with Crippen molar-refractivity contribution < 1.29 is 4.79 Å². The number of pyridine rings is 2. The van der Waals surface area contributed by atoms with Gasteiger partial charge in [-0.1, -0.05) is 13.0 Å². The number of nitriles is 1. The first kappa shape index (κ1) is 17.4. The van der Waals surface area contributed by atoms with Crippen molar-refractivity contribution >= 4 is 23.5 Å². The van der Waals surface area contributed by atoms with Gasteiger partial charge in [0.1, 0.15) is 16.9 Å². The molecule has 1 aliphatic carbocycles. The van der Waals surface area contributed by atoms with Crippen molar-refractivity contribution in [3.8, 4) is 6.07 Å². The molecule has 2 aromatic heterocycles. The minimum Gasteiger partial charge on any atom is -0.311 e. The molecule has 0 aromatic carbocycles. The molecular weight excluding hydrogens is 332 g/mol. The molecule has 128 valence electrons. The number of carbonyl (C=O) groups excluding carboxylic acids is 1. The third-order valence-electron chi connectivity index (χ3n) is 4.22. The maximum atomic E-state index is 12.0. The summed E-state index contributed by atoms with van der Waals surface area (Å²) >= 11 is 1.47. The van der Waals surface area contributed by atoms with Gasteiger partial charge in [0, 0.05) is 24.1 Å². The van der Waals surface area contributed by atoms with Crippen LogP contribution in [0.2, 0.25) is 0 Å². The van der Waals surface area contributed by atoms with Crippen molar-refractivity contribution in [3.63, 3.8) is 0 Å². The van der Waals surface area contributed by atoms with Crippen LogP contribution in [0.25, 0.3) is 0 Å². The first-order chi connectivity index (χ1) is 12.2. The maximum Gasteiger partial charge on any atom is 0.226 e. The second kappa shape index (κ2) is 8.13. The highest BCUT2D eigenvalue weighted by Gasteiger charge is 2.19. The molecule has 2 aromatic rings. The number of hydrogen-bond acceptors (Lipinski definition) is 5. The van der Waals surface area contributed by atoms with Crippen LogP contribution in [0.5, 0.6) is 0 Å². The van der Waals surface area contributed by atoms with E-state index in [4.69, 9.17) is 4.98 Å². The third kappa shape index (κ3) is 4.58. The molecule has 0 spiro atoms. The zero-order chi connectivity index (χ0) is 17.6. The van der Waals surface area contributed by atoms with Gasteiger partial charge in [-0.05, 0) is 48.9 Å². The highest BCUT2D eigenvalue weighted by Crippen LogP contribution is 2.29. The van der Waals surface area contributed by atoms with Gasteiger partial charge in [-0.2, -0.15) is 5.26 Å². The summed E-state index contributed by atoms with van der Waals surface area (Å²) in [5.74, 6) is 1.69. The van der Waals surface area contributed by atoms with E-state index in [9.17, 15) is 10.1 Å². The monoisotopic (exact) mass is 352 g/mol. The molecule has 5 nitrogen and oxygen atoms in total. The average Bonchev–Trinajstić information content (AvgIpc) is 2.62. The molecule has 0 saturated heterocycles. The van der Waals surface area contributed by atoms with Gasteiger partial charge in [0.05, 0.1) is 5.56 Å². The van der Waals surface area contributed by atoms with E-state index in [-0.39, 0.29) is 5.91 Å². The summed E-state index contributed by atoms with van der Waals surface area (Å²) in [5.41, 5.74) is 2.92. The summed E-state index contributed by atoms with van der Waals surface area (Å²) in [6.07, 6.45) is 5.09. The number of amides is 1. The van der Waals surface area contributed by atoms with Gasteiger partial charge in [-0.25, -0.2) is 9.97 Å². The van der Waals surface area contributed by atoms with E-state index in [1.807, 2.05) is 12.1 Å². The van der Waals surface area contributed by atoms with Crippen LogP contribution < -0.4 is 5.32 Å². The second-order valence-electron chi connectivity index (χ2n) is 6.27. The Labute approximate surface area is 151 Å². The number of anilines is 1. The first-order valence-electron chi connectivity index (χ1n) is 8.42. The highest BCUT2D eigenvalue weighted by atomic mass is 32.2. The Balaban J connectivity index is 1.59. The van der Waals surface area contributed by atoms with Crippen LogP contribution in [0.3, 0.4) is 0 Å². The van der Waals surface area contributed by atoms with Gasteiger partial charge < -0.3 is 5.32 Å². The summed E-state index contributed by atoms with van der Waals surface area (Å²) in [6.45, 7) is 2.23. The predicted octanol–water partition coefficient (Wildman–Crippen LogP) is 3.59. The number of nitrogens with zero attached hydrogens (tertiary/aromatic N) is 3. The molecule has 1 aliphatic rings. The fourth-order valence-electron chi connectivity index (χ4n) is 2.90. The summed E-state index contributed by atoms with van der Waals surface area (Å²) in [7, 11) is 0. The van der Waals surface area contributed by atoms with Crippen molar-refractivity contribution in [2.75, 3.05) is 11.1 Å². The van der Waals surface area contributed by atoms with E-state index in [1.54, 1.807) is 18.3 Å². The van der Waals surface area contributed by atoms with Gasteiger partial charge in [0.25, 0.3) is 0 Å². The number of thioether (sulfide) groups is 1. The topological polar surface area (TPSA) is 78.7 Å². The lowest BCUT2D eigenvalue weighted by Crippen LogP contribution is -2.15. The fourth-order valence-corrected chi connectivity index (χ4v) is 3.82. The van der Waals surface area contributed by atoms with Gasteiger partial charge in [0.2, 0.25) is 5.91 Å². The van der Waals surface area contributed by atoms with E-state index in [0.717, 1.165) is 30.0 Å². The molecule has 1 unspecified atom stereocenters. The van der Waals surface area contributed by atoms with Gasteiger partial charge in [-0.15, -0.1) is 11.8 Å². The molecular formula is C19H20N4OS. The molecule has 0 aliphatic heterocycles. The number of fused-ring (bicyclic) bond motifs is 1. The summed E-state index contributed by atoms with van der Waals surface area (Å²) in [4.78, 5) is 20.7. The summed E-state index contributed by atoms with van der Waals surface area (Å²) in [6, 6.07) is 9.61. The smallest absolute Gasteiger partial charge is 0.226 e. The van der Waals surface area contributed by atoms with E-state index in [0.29, 0.717) is 29.5 Å². The zero-order valence-corrected chi connectivity index (χ0v) is 15.0. The van der Waals surface area contributed by atoms with Crippen LogP contribution in [-0.2, 0) is 17.6 Å². The van der Waals surface area contributed by atoms with Gasteiger partial charge in [-0.3, -0.25) is 4.79 Å². The number of nitrogens with one attached hydrogen (secondary N) is 1. The van der Waals surface area contributed by atoms with Crippen molar-refractivity contribution in [3.05, 3.63) is 47.3 Å². The second-order valence-corrected chi connectivity index (χ2v) is 7.35. The van der Waals surface area contributed by atoms with Gasteiger partial charge >= 0.3 is 0 Å². The number of aromatic nitrogens is 2. The van der Waals surface area contributed by atoms with Crippen LogP contribution in [0.15, 0.2) is 35.5 Å². The molecule has 6 heteroatoms. The Hall–Kier alpha value is -2.39. The Morgan fingerprint density at radius 3 is 3.12 bits per heavy atom. The molecule has 25 heavy (non-hydrogen) atoms. The number of carbonyl (C=O) groups is 1. The lowest BCUT2D eigenvalue weighted by molar-refractivity contribution is -0.115. The summed E-state index contributed by atoms with van der Waals surface area (Å²) < 4.78 is 0. The lowest BCUT2D eigenvalue weighted by atomic mass is 9.87. The Bertz CT molecular complexity index is 801. The Kier molecular flexibility index (Phi) is 5.67. The molecule has 0 fully saturated rings. The normalized spacial score (nSPS) is 15.9. The molecule has 3 rings (SSSR count). The first-order valence-corrected chi connectivity index (χ1v) is 9.41. The largest absolute Gasteiger partial charge is 0.311 e. The maximum absolute atomic E-state index is 12.0. The quantitative estimate of drug-likeness (QED) is 0.832. The fraction of sp³-hybridized carbons (Fsp3) is 0.368. The summed E-state index contributed by atoms with van der Waals surface area (Å²) in [5, 5.41) is 12.9. The minimum atomic E-state index is -0.0866. The van der Waals surface area contributed by atoms with Gasteiger partial charge in [0.15, 0.2) is 0 Å². The minimum absolute atomic E-state index is 0.0866. The third-order valence-corrected chi connectivity index (χ3v) is 5.21. The van der Waals surface area contributed by atoms with E-state index >= 15 is 0 Å². The predicted molar refractivity (Wildman–Crippen MR) is 98.3 cm³/mol. The number of rotatable bonds is 5. The SMILES string of the molecule is CC1CCc2nc(SCCC(=O)Nc3ccccn3)c(C#N)cc2C1. The van der Waals surface area contributed by atoms with Crippen molar-refractivity contribution in [1.29, 1.82) is 5.26 Å². The van der Waals surface area contributed by atoms with E-state index in [1.165, 1.54) is 17.3 Å². The van der Waals surface area contributed by atoms with Crippen LogP contribution in [0, 0.1) is 17.2 Å². The number of hydrogen-bond donors (Lipinski definition) is 1. The Morgan fingerprint density at radius 2 is 2.36 bits per heavy atom. The van der Waals surface area contributed by atoms with Crippen LogP contribution in [0.1, 0.15) is 36.6 Å². The highest BCUT2D eigenvalue weighted by molar-refractivity contribution is 7.99. The molecule has 2 heterocycles. The molecule has 1 atom stereocenters. The van der Waals surface area contributed by atoms with E-state index in [2.05, 4.69) is 23.3 Å². The molecule has 0 radical (unpaired) electrons. The molecule has 0 saturated carbocycles. The van der Waals surface area contributed by atoms with Crippen molar-refractivity contribution in [1.82, 2.24) is 9.97 Å². The van der Waals surface area contributed by atoms with Crippen LogP contribution in [0.4, 0.5) is 5.82 Å². The lowest BCUT2D eigenvalue weighted by Gasteiger charge is -2.21. The standard InChI is InChI=1S/C19H20N4OS/c1-13-5-6-16-14(10-13)11-15(12-20)19(22-16)25-9-7-18(24)23-17-4-2-3-8-21-17/h2-4,8,11,13H,5-7,9-10H2,1H3,(H,21,23,24). The molecule has 1 amide bonds.